The first-order valence-electron chi connectivity index (χ1n) is 8.70. The molecule has 1 aromatic heterocycles. The highest BCUT2D eigenvalue weighted by Gasteiger charge is 2.16. The Kier molecular flexibility index (Phi) is 5.37. The third-order valence-corrected chi connectivity index (χ3v) is 4.01. The van der Waals surface area contributed by atoms with Crippen molar-refractivity contribution in [2.75, 3.05) is 13.2 Å². The lowest BCUT2D eigenvalue weighted by atomic mass is 10.1. The quantitative estimate of drug-likeness (QED) is 0.631. The summed E-state index contributed by atoms with van der Waals surface area (Å²) in [5, 5.41) is 1.08. The maximum Gasteiger partial charge on any atom is 0.340 e. The Balaban J connectivity index is 2.15. The van der Waals surface area contributed by atoms with Crippen molar-refractivity contribution in [1.82, 2.24) is 4.57 Å². The Bertz CT molecular complexity index is 973. The number of ether oxygens (including phenoxy) is 2. The molecule has 3 aromatic rings. The van der Waals surface area contributed by atoms with Crippen molar-refractivity contribution in [3.63, 3.8) is 0 Å². The van der Waals surface area contributed by atoms with Gasteiger partial charge in [-0.15, -0.1) is 0 Å². The van der Waals surface area contributed by atoms with Crippen molar-refractivity contribution in [1.29, 1.82) is 0 Å². The highest BCUT2D eigenvalue weighted by Crippen LogP contribution is 2.20. The van der Waals surface area contributed by atoms with Gasteiger partial charge in [0.15, 0.2) is 0 Å². The summed E-state index contributed by atoms with van der Waals surface area (Å²) >= 11 is 0. The molecule has 1 heterocycles. The molecule has 26 heavy (non-hydrogen) atoms. The second-order valence-electron chi connectivity index (χ2n) is 5.83. The fourth-order valence-corrected chi connectivity index (χ4v) is 2.79. The third-order valence-electron chi connectivity index (χ3n) is 4.01. The lowest BCUT2D eigenvalue weighted by Gasteiger charge is -2.12. The van der Waals surface area contributed by atoms with Gasteiger partial charge in [0.25, 0.3) is 5.56 Å². The molecule has 0 saturated heterocycles. The topological polar surface area (TPSA) is 57.5 Å². The first-order chi connectivity index (χ1) is 12.7. The van der Waals surface area contributed by atoms with Gasteiger partial charge in [0, 0.05) is 22.7 Å². The SMILES string of the molecule is CCCOC(=O)c1cn(-c2ccc(OCC)cc2)c(=O)c2ccccc12. The van der Waals surface area contributed by atoms with Gasteiger partial charge >= 0.3 is 5.97 Å². The van der Waals surface area contributed by atoms with Crippen LogP contribution in [0.25, 0.3) is 16.5 Å². The summed E-state index contributed by atoms with van der Waals surface area (Å²) < 4.78 is 12.2. The zero-order valence-corrected chi connectivity index (χ0v) is 14.9. The van der Waals surface area contributed by atoms with Crippen molar-refractivity contribution < 1.29 is 14.3 Å². The van der Waals surface area contributed by atoms with Crippen molar-refractivity contribution >= 4 is 16.7 Å². The van der Waals surface area contributed by atoms with E-state index in [1.807, 2.05) is 13.8 Å². The van der Waals surface area contributed by atoms with Gasteiger partial charge in [-0.2, -0.15) is 0 Å². The fraction of sp³-hybridized carbons (Fsp3) is 0.238. The summed E-state index contributed by atoms with van der Waals surface area (Å²) in [5.41, 5.74) is 0.855. The average Bonchev–Trinajstić information content (AvgIpc) is 2.68. The van der Waals surface area contributed by atoms with Crippen LogP contribution in [0, 0.1) is 0 Å². The molecule has 0 radical (unpaired) electrons. The van der Waals surface area contributed by atoms with Crippen LogP contribution < -0.4 is 10.3 Å². The van der Waals surface area contributed by atoms with Gasteiger partial charge in [-0.3, -0.25) is 9.36 Å². The van der Waals surface area contributed by atoms with E-state index in [0.29, 0.717) is 35.2 Å². The molecule has 0 fully saturated rings. The van der Waals surface area contributed by atoms with E-state index in [-0.39, 0.29) is 5.56 Å². The molecule has 0 saturated carbocycles. The summed E-state index contributed by atoms with van der Waals surface area (Å²) in [5.74, 6) is 0.301. The van der Waals surface area contributed by atoms with Gasteiger partial charge < -0.3 is 9.47 Å². The van der Waals surface area contributed by atoms with Gasteiger partial charge in [0.05, 0.1) is 18.8 Å². The highest BCUT2D eigenvalue weighted by molar-refractivity contribution is 6.04. The van der Waals surface area contributed by atoms with E-state index in [1.165, 1.54) is 4.57 Å². The largest absolute Gasteiger partial charge is 0.494 e. The number of rotatable bonds is 6. The van der Waals surface area contributed by atoms with Gasteiger partial charge in [0.1, 0.15) is 5.75 Å². The Morgan fingerprint density at radius 1 is 1.00 bits per heavy atom. The van der Waals surface area contributed by atoms with Crippen molar-refractivity contribution in [3.05, 3.63) is 70.6 Å². The van der Waals surface area contributed by atoms with Gasteiger partial charge in [-0.25, -0.2) is 4.79 Å². The molecule has 5 heteroatoms. The van der Waals surface area contributed by atoms with Crippen LogP contribution in [0.3, 0.4) is 0 Å². The molecule has 0 unspecified atom stereocenters. The molecule has 0 aliphatic heterocycles. The Morgan fingerprint density at radius 2 is 1.69 bits per heavy atom. The van der Waals surface area contributed by atoms with E-state index in [0.717, 1.165) is 12.2 Å². The molecule has 0 atom stereocenters. The van der Waals surface area contributed by atoms with Crippen LogP contribution in [0.2, 0.25) is 0 Å². The first kappa shape index (κ1) is 17.7. The third kappa shape index (κ3) is 3.47. The minimum atomic E-state index is -0.428. The second-order valence-corrected chi connectivity index (χ2v) is 5.83. The molecule has 3 rings (SSSR count). The highest BCUT2D eigenvalue weighted by atomic mass is 16.5. The number of carbonyl (C=O) groups is 1. The summed E-state index contributed by atoms with van der Waals surface area (Å²) in [4.78, 5) is 25.4. The number of hydrogen-bond acceptors (Lipinski definition) is 4. The number of aromatic nitrogens is 1. The number of nitrogens with zero attached hydrogens (tertiary/aromatic N) is 1. The monoisotopic (exact) mass is 351 g/mol. The van der Waals surface area contributed by atoms with Crippen LogP contribution >= 0.6 is 0 Å². The fourth-order valence-electron chi connectivity index (χ4n) is 2.79. The number of hydrogen-bond donors (Lipinski definition) is 0. The molecule has 0 bridgehead atoms. The van der Waals surface area contributed by atoms with Crippen LogP contribution in [0.15, 0.2) is 59.5 Å². The van der Waals surface area contributed by atoms with Crippen molar-refractivity contribution in [2.45, 2.75) is 20.3 Å². The van der Waals surface area contributed by atoms with E-state index in [4.69, 9.17) is 9.47 Å². The molecule has 0 aliphatic rings. The zero-order valence-electron chi connectivity index (χ0n) is 14.9. The molecular formula is C21H21NO4. The summed E-state index contributed by atoms with van der Waals surface area (Å²) in [6.45, 7) is 4.76. The molecule has 5 nitrogen and oxygen atoms in total. The maximum absolute atomic E-state index is 12.9. The van der Waals surface area contributed by atoms with E-state index < -0.39 is 5.97 Å². The molecule has 2 aromatic carbocycles. The van der Waals surface area contributed by atoms with Crippen LogP contribution in [0.4, 0.5) is 0 Å². The van der Waals surface area contributed by atoms with Crippen LogP contribution in [-0.2, 0) is 4.74 Å². The predicted octanol–water partition coefficient (Wildman–Crippen LogP) is 3.96. The minimum absolute atomic E-state index is 0.184. The zero-order chi connectivity index (χ0) is 18.5. The molecular weight excluding hydrogens is 330 g/mol. The summed E-state index contributed by atoms with van der Waals surface area (Å²) in [6, 6.07) is 14.3. The van der Waals surface area contributed by atoms with Crippen LogP contribution in [0.5, 0.6) is 5.75 Å². The Hall–Kier alpha value is -3.08. The number of fused-ring (bicyclic) bond motifs is 1. The van der Waals surface area contributed by atoms with Gasteiger partial charge in [-0.05, 0) is 43.7 Å². The predicted molar refractivity (Wildman–Crippen MR) is 101 cm³/mol. The van der Waals surface area contributed by atoms with Crippen molar-refractivity contribution in [2.24, 2.45) is 0 Å². The second kappa shape index (κ2) is 7.87. The number of pyridine rings is 1. The number of carbonyl (C=O) groups excluding carboxylic acids is 1. The standard InChI is InChI=1S/C21H21NO4/c1-3-13-26-21(24)19-14-22(15-9-11-16(12-10-15)25-4-2)20(23)18-8-6-5-7-17(18)19/h5-12,14H,3-4,13H2,1-2H3. The average molecular weight is 351 g/mol. The van der Waals surface area contributed by atoms with Gasteiger partial charge in [0.2, 0.25) is 0 Å². The van der Waals surface area contributed by atoms with Crippen molar-refractivity contribution in [3.8, 4) is 11.4 Å². The molecule has 0 N–H and O–H groups in total. The van der Waals surface area contributed by atoms with E-state index in [1.54, 1.807) is 54.7 Å². The summed E-state index contributed by atoms with van der Waals surface area (Å²) in [6.07, 6.45) is 2.29. The molecule has 0 spiro atoms. The first-order valence-corrected chi connectivity index (χ1v) is 8.70. The summed E-state index contributed by atoms with van der Waals surface area (Å²) in [7, 11) is 0. The molecule has 134 valence electrons. The van der Waals surface area contributed by atoms with Gasteiger partial charge in [-0.1, -0.05) is 25.1 Å². The Morgan fingerprint density at radius 3 is 2.35 bits per heavy atom. The lowest BCUT2D eigenvalue weighted by molar-refractivity contribution is 0.0506. The molecule has 0 amide bonds. The maximum atomic E-state index is 12.9. The Labute approximate surface area is 151 Å². The number of benzene rings is 2. The lowest BCUT2D eigenvalue weighted by Crippen LogP contribution is -2.21. The van der Waals surface area contributed by atoms with E-state index in [9.17, 15) is 9.59 Å². The molecule has 0 aliphatic carbocycles. The van der Waals surface area contributed by atoms with Crippen LogP contribution in [-0.4, -0.2) is 23.8 Å². The van der Waals surface area contributed by atoms with E-state index >= 15 is 0 Å². The normalized spacial score (nSPS) is 10.7. The van der Waals surface area contributed by atoms with E-state index in [2.05, 4.69) is 0 Å². The minimum Gasteiger partial charge on any atom is -0.494 e. The smallest absolute Gasteiger partial charge is 0.340 e. The number of esters is 1. The van der Waals surface area contributed by atoms with Crippen LogP contribution in [0.1, 0.15) is 30.6 Å².